The molecule has 0 aromatic heterocycles. The number of rotatable bonds is 0. The van der Waals surface area contributed by atoms with Gasteiger partial charge in [-0.05, 0) is 0 Å². The fraction of sp³-hybridized carbons (Fsp3) is 1.00. The monoisotopic (exact) mass is 267 g/mol. The van der Waals surface area contributed by atoms with Gasteiger partial charge >= 0.3 is 46.9 Å². The van der Waals surface area contributed by atoms with Gasteiger partial charge in [0, 0.05) is 0 Å². The summed E-state index contributed by atoms with van der Waals surface area (Å²) in [7, 11) is 2.25. The largest absolute Gasteiger partial charge is 3.00 e. The number of hydrogen-bond acceptors (Lipinski definition) is 3. The molecule has 0 saturated carbocycles. The first-order valence-corrected chi connectivity index (χ1v) is 1.22. The maximum atomic E-state index is 8.25. The van der Waals surface area contributed by atoms with Crippen molar-refractivity contribution in [3.8, 4) is 0 Å². The zero-order chi connectivity index (χ0) is 6.00. The Morgan fingerprint density at radius 3 is 0.571 bits per heavy atom. The molecule has 0 aliphatic heterocycles. The normalized spacial score (nSPS) is 2.57. The van der Waals surface area contributed by atoms with E-state index in [9.17, 15) is 0 Å². The maximum absolute atomic E-state index is 8.25. The molecule has 0 amide bonds. The predicted octanol–water partition coefficient (Wildman–Crippen LogP) is -3.07. The standard InChI is InChI=1S/3CH3O.Yb/c3*1-2;/h3*1H3;/q3*-1;+3. The van der Waals surface area contributed by atoms with E-state index >= 15 is 0 Å². The molecule has 0 fully saturated rings. The summed E-state index contributed by atoms with van der Waals surface area (Å²) in [4.78, 5) is 0. The molecule has 0 aliphatic rings. The third-order valence-electron chi connectivity index (χ3n) is 0. The van der Waals surface area contributed by atoms with Gasteiger partial charge in [-0.2, -0.15) is 21.3 Å². The van der Waals surface area contributed by atoms with Crippen molar-refractivity contribution in [3.05, 3.63) is 0 Å². The Balaban J connectivity index is -0.00000000900. The first-order valence-electron chi connectivity index (χ1n) is 1.22. The third-order valence-corrected chi connectivity index (χ3v) is 0. The summed E-state index contributed by atoms with van der Waals surface area (Å²) in [6.07, 6.45) is 0. The van der Waals surface area contributed by atoms with Crippen molar-refractivity contribution in [2.24, 2.45) is 0 Å². The van der Waals surface area contributed by atoms with Crippen molar-refractivity contribution in [2.45, 2.75) is 0 Å². The van der Waals surface area contributed by atoms with E-state index in [0.717, 1.165) is 21.3 Å². The van der Waals surface area contributed by atoms with E-state index in [2.05, 4.69) is 0 Å². The van der Waals surface area contributed by atoms with Crippen LogP contribution in [0.25, 0.3) is 0 Å². The molecule has 1 radical (unpaired) electrons. The molecule has 7 heavy (non-hydrogen) atoms. The quantitative estimate of drug-likeness (QED) is 0.467. The van der Waals surface area contributed by atoms with Gasteiger partial charge in [0.2, 0.25) is 0 Å². The summed E-state index contributed by atoms with van der Waals surface area (Å²) in [5, 5.41) is 24.8. The molecule has 3 nitrogen and oxygen atoms in total. The molecule has 0 bridgehead atoms. The molecule has 0 aliphatic carbocycles. The van der Waals surface area contributed by atoms with Crippen LogP contribution >= 0.6 is 0 Å². The van der Waals surface area contributed by atoms with Crippen molar-refractivity contribution in [1.29, 1.82) is 0 Å². The van der Waals surface area contributed by atoms with Gasteiger partial charge in [0.15, 0.2) is 0 Å². The summed E-state index contributed by atoms with van der Waals surface area (Å²) >= 11 is 0. The van der Waals surface area contributed by atoms with Crippen molar-refractivity contribution < 1.29 is 62.2 Å². The van der Waals surface area contributed by atoms with Crippen LogP contribution in [-0.2, 0) is 0 Å². The maximum Gasteiger partial charge on any atom is 3.00 e. The SMILES string of the molecule is C[O-].C[O-].C[O-].[Yb+3]. The van der Waals surface area contributed by atoms with Crippen LogP contribution in [0.4, 0.5) is 0 Å². The van der Waals surface area contributed by atoms with Gasteiger partial charge in [0.1, 0.15) is 0 Å². The second-order valence-corrected chi connectivity index (χ2v) is 0. The first-order chi connectivity index (χ1) is 3.00. The Hall–Kier alpha value is 1.40. The molecule has 0 saturated heterocycles. The van der Waals surface area contributed by atoms with E-state index in [-0.39, 0.29) is 46.9 Å². The summed E-state index contributed by atoms with van der Waals surface area (Å²) in [6.45, 7) is 0. The van der Waals surface area contributed by atoms with Gasteiger partial charge in [-0.25, -0.2) is 0 Å². The minimum absolute atomic E-state index is 0. The van der Waals surface area contributed by atoms with Crippen LogP contribution in [0.2, 0.25) is 0 Å². The molecule has 0 N–H and O–H groups in total. The van der Waals surface area contributed by atoms with E-state index in [1.165, 1.54) is 0 Å². The molecule has 0 heterocycles. The van der Waals surface area contributed by atoms with Gasteiger partial charge in [0.05, 0.1) is 0 Å². The smallest absolute Gasteiger partial charge is 0.857 e. The Labute approximate surface area is 82.6 Å². The zero-order valence-electron chi connectivity index (χ0n) is 4.49. The summed E-state index contributed by atoms with van der Waals surface area (Å²) in [6, 6.07) is 0. The van der Waals surface area contributed by atoms with Crippen LogP contribution in [0.15, 0.2) is 0 Å². The second kappa shape index (κ2) is 155. The van der Waals surface area contributed by atoms with E-state index in [1.807, 2.05) is 0 Å². The molecule has 0 rings (SSSR count). The van der Waals surface area contributed by atoms with Crippen LogP contribution in [0.1, 0.15) is 0 Å². The molecule has 0 unspecified atom stereocenters. The van der Waals surface area contributed by atoms with Crippen molar-refractivity contribution >= 4 is 0 Å². The minimum Gasteiger partial charge on any atom is -0.857 e. The Morgan fingerprint density at radius 1 is 0.571 bits per heavy atom. The average Bonchev–Trinajstić information content (AvgIpc) is 1.81. The van der Waals surface area contributed by atoms with Crippen molar-refractivity contribution in [3.63, 3.8) is 0 Å². The molecule has 0 aromatic carbocycles. The van der Waals surface area contributed by atoms with E-state index in [0.29, 0.717) is 0 Å². The van der Waals surface area contributed by atoms with Gasteiger partial charge in [0.25, 0.3) is 0 Å². The van der Waals surface area contributed by atoms with Crippen LogP contribution in [0.5, 0.6) is 0 Å². The van der Waals surface area contributed by atoms with Crippen LogP contribution in [0, 0.1) is 46.9 Å². The molecular formula is C3H9O3Yb. The van der Waals surface area contributed by atoms with E-state index in [1.54, 1.807) is 0 Å². The topological polar surface area (TPSA) is 69.2 Å². The van der Waals surface area contributed by atoms with Gasteiger partial charge < -0.3 is 15.3 Å². The Morgan fingerprint density at radius 2 is 0.571 bits per heavy atom. The number of hydrogen-bond donors (Lipinski definition) is 0. The second-order valence-electron chi connectivity index (χ2n) is 0. The van der Waals surface area contributed by atoms with Gasteiger partial charge in [-0.1, -0.05) is 0 Å². The van der Waals surface area contributed by atoms with Crippen molar-refractivity contribution in [2.75, 3.05) is 21.3 Å². The summed E-state index contributed by atoms with van der Waals surface area (Å²) in [5.41, 5.74) is 0. The minimum atomic E-state index is 0. The van der Waals surface area contributed by atoms with E-state index in [4.69, 9.17) is 15.3 Å². The van der Waals surface area contributed by atoms with Crippen LogP contribution in [-0.4, -0.2) is 21.3 Å². The summed E-state index contributed by atoms with van der Waals surface area (Å²) < 4.78 is 0. The molecule has 4 heteroatoms. The Bertz CT molecular complexity index is 10.1. The Kier molecular flexibility index (Phi) is 525. The molecule has 53 valence electrons. The molecular weight excluding hydrogens is 257 g/mol. The first kappa shape index (κ1) is 23.8. The zero-order valence-corrected chi connectivity index (χ0v) is 6.21. The predicted molar refractivity (Wildman–Crippen MR) is 17.8 cm³/mol. The fourth-order valence-corrected chi connectivity index (χ4v) is 0. The van der Waals surface area contributed by atoms with Crippen LogP contribution < -0.4 is 15.3 Å². The fourth-order valence-electron chi connectivity index (χ4n) is 0. The molecule has 0 atom stereocenters. The molecule has 0 spiro atoms. The molecule has 0 aromatic rings. The van der Waals surface area contributed by atoms with Crippen molar-refractivity contribution in [1.82, 2.24) is 0 Å². The van der Waals surface area contributed by atoms with Gasteiger partial charge in [-0.3, -0.25) is 0 Å². The van der Waals surface area contributed by atoms with E-state index < -0.39 is 0 Å². The van der Waals surface area contributed by atoms with Gasteiger partial charge in [-0.15, -0.1) is 0 Å². The van der Waals surface area contributed by atoms with Crippen LogP contribution in [0.3, 0.4) is 0 Å². The average molecular weight is 266 g/mol. The summed E-state index contributed by atoms with van der Waals surface area (Å²) in [5.74, 6) is 0. The third kappa shape index (κ3) is 110.